The van der Waals surface area contributed by atoms with Gasteiger partial charge in [-0.15, -0.1) is 12.4 Å². The normalized spacial score (nSPS) is 10.8. The van der Waals surface area contributed by atoms with Crippen LogP contribution in [0.3, 0.4) is 0 Å². The molecular formula is C11H18ClFN2O4S. The van der Waals surface area contributed by atoms with Crippen molar-refractivity contribution in [1.29, 1.82) is 0 Å². The molecule has 1 aromatic carbocycles. The number of nitrogens with one attached hydrogen (secondary N) is 1. The molecule has 0 aliphatic heterocycles. The summed E-state index contributed by atoms with van der Waals surface area (Å²) in [5.74, 6) is -0.637. The summed E-state index contributed by atoms with van der Waals surface area (Å²) in [6.07, 6.45) is 0.466. The van der Waals surface area contributed by atoms with Crippen LogP contribution in [0.15, 0.2) is 17.0 Å². The number of hydrogen-bond acceptors (Lipinski definition) is 5. The molecule has 0 aliphatic carbocycles. The quantitative estimate of drug-likeness (QED) is 0.725. The van der Waals surface area contributed by atoms with E-state index in [0.717, 1.165) is 12.1 Å². The van der Waals surface area contributed by atoms with Gasteiger partial charge in [0.2, 0.25) is 10.0 Å². The van der Waals surface area contributed by atoms with Crippen LogP contribution in [-0.4, -0.2) is 35.7 Å². The number of halogens is 2. The molecule has 0 aromatic heterocycles. The van der Waals surface area contributed by atoms with Gasteiger partial charge in [0, 0.05) is 18.7 Å². The third-order valence-electron chi connectivity index (χ3n) is 2.40. The number of rotatable bonds is 7. The minimum atomic E-state index is -3.94. The van der Waals surface area contributed by atoms with Crippen molar-refractivity contribution in [2.45, 2.75) is 11.3 Å². The lowest BCUT2D eigenvalue weighted by molar-refractivity contribution is 0.350. The summed E-state index contributed by atoms with van der Waals surface area (Å²) in [5.41, 5.74) is 5.26. The Morgan fingerprint density at radius 1 is 1.25 bits per heavy atom. The van der Waals surface area contributed by atoms with Crippen LogP contribution in [0, 0.1) is 5.82 Å². The van der Waals surface area contributed by atoms with Crippen molar-refractivity contribution in [3.8, 4) is 11.5 Å². The van der Waals surface area contributed by atoms with Gasteiger partial charge in [0.15, 0.2) is 11.5 Å². The summed E-state index contributed by atoms with van der Waals surface area (Å²) in [4.78, 5) is -0.484. The second-order valence-corrected chi connectivity index (χ2v) is 5.41. The third-order valence-corrected chi connectivity index (χ3v) is 3.88. The van der Waals surface area contributed by atoms with Crippen molar-refractivity contribution >= 4 is 22.4 Å². The van der Waals surface area contributed by atoms with E-state index in [2.05, 4.69) is 4.72 Å². The summed E-state index contributed by atoms with van der Waals surface area (Å²) in [7, 11) is -1.26. The fourth-order valence-electron chi connectivity index (χ4n) is 1.43. The number of nitrogens with two attached hydrogens (primary N) is 1. The van der Waals surface area contributed by atoms with Gasteiger partial charge in [0.05, 0.1) is 14.2 Å². The smallest absolute Gasteiger partial charge is 0.243 e. The molecule has 0 radical (unpaired) electrons. The van der Waals surface area contributed by atoms with Crippen LogP contribution < -0.4 is 19.9 Å². The van der Waals surface area contributed by atoms with Crippen LogP contribution >= 0.6 is 12.4 Å². The van der Waals surface area contributed by atoms with Crippen molar-refractivity contribution in [3.05, 3.63) is 17.9 Å². The molecule has 9 heteroatoms. The lowest BCUT2D eigenvalue weighted by Gasteiger charge is -2.12. The summed E-state index contributed by atoms with van der Waals surface area (Å²) in [6.45, 7) is 0.490. The molecule has 0 amide bonds. The average molecular weight is 329 g/mol. The van der Waals surface area contributed by atoms with E-state index in [0.29, 0.717) is 13.0 Å². The molecule has 0 saturated carbocycles. The Kier molecular flexibility index (Phi) is 7.80. The maximum absolute atomic E-state index is 13.8. The largest absolute Gasteiger partial charge is 0.493 e. The lowest BCUT2D eigenvalue weighted by atomic mass is 10.3. The zero-order valence-corrected chi connectivity index (χ0v) is 12.8. The van der Waals surface area contributed by atoms with Gasteiger partial charge in [-0.3, -0.25) is 0 Å². The Morgan fingerprint density at radius 2 is 1.80 bits per heavy atom. The van der Waals surface area contributed by atoms with Crippen molar-refractivity contribution < 1.29 is 22.3 Å². The van der Waals surface area contributed by atoms with Gasteiger partial charge >= 0.3 is 0 Å². The zero-order chi connectivity index (χ0) is 14.5. The Morgan fingerprint density at radius 3 is 2.30 bits per heavy atom. The SMILES string of the molecule is COc1cc(F)c(S(=O)(=O)NCCCN)cc1OC.Cl. The summed E-state index contributed by atoms with van der Waals surface area (Å²) in [5, 5.41) is 0. The Balaban J connectivity index is 0.00000361. The molecule has 0 bridgehead atoms. The number of ether oxygens (including phenoxy) is 2. The topological polar surface area (TPSA) is 90.7 Å². The predicted molar refractivity (Wildman–Crippen MR) is 75.6 cm³/mol. The van der Waals surface area contributed by atoms with Crippen LogP contribution in [0.2, 0.25) is 0 Å². The van der Waals surface area contributed by atoms with E-state index in [1.54, 1.807) is 0 Å². The van der Waals surface area contributed by atoms with Gasteiger partial charge in [-0.2, -0.15) is 0 Å². The third kappa shape index (κ3) is 4.48. The lowest BCUT2D eigenvalue weighted by Crippen LogP contribution is -2.27. The molecule has 1 rings (SSSR count). The molecule has 0 unspecified atom stereocenters. The van der Waals surface area contributed by atoms with E-state index in [1.165, 1.54) is 14.2 Å². The average Bonchev–Trinajstić information content (AvgIpc) is 2.38. The van der Waals surface area contributed by atoms with Crippen LogP contribution in [0.5, 0.6) is 11.5 Å². The second-order valence-electron chi connectivity index (χ2n) is 3.68. The van der Waals surface area contributed by atoms with Gasteiger partial charge in [0.25, 0.3) is 0 Å². The molecule has 1 aromatic rings. The predicted octanol–water partition coefficient (Wildman–Crippen LogP) is 0.892. The minimum Gasteiger partial charge on any atom is -0.493 e. The molecule has 0 aliphatic rings. The first kappa shape index (κ1) is 18.9. The molecule has 3 N–H and O–H groups in total. The highest BCUT2D eigenvalue weighted by atomic mass is 35.5. The fourth-order valence-corrected chi connectivity index (χ4v) is 2.57. The van der Waals surface area contributed by atoms with E-state index in [4.69, 9.17) is 15.2 Å². The zero-order valence-electron chi connectivity index (χ0n) is 11.2. The molecule has 0 spiro atoms. The first-order valence-electron chi connectivity index (χ1n) is 5.57. The molecule has 0 saturated heterocycles. The maximum atomic E-state index is 13.8. The van der Waals surface area contributed by atoms with Crippen LogP contribution in [0.4, 0.5) is 4.39 Å². The van der Waals surface area contributed by atoms with Crippen molar-refractivity contribution in [2.75, 3.05) is 27.3 Å². The van der Waals surface area contributed by atoms with Gasteiger partial charge in [0.1, 0.15) is 10.7 Å². The van der Waals surface area contributed by atoms with E-state index in [9.17, 15) is 12.8 Å². The van der Waals surface area contributed by atoms with E-state index >= 15 is 0 Å². The fraction of sp³-hybridized carbons (Fsp3) is 0.455. The van der Waals surface area contributed by atoms with Crippen LogP contribution in [-0.2, 0) is 10.0 Å². The Labute approximate surface area is 123 Å². The first-order chi connectivity index (χ1) is 8.96. The summed E-state index contributed by atoms with van der Waals surface area (Å²) in [6, 6.07) is 2.05. The Bertz CT molecular complexity index is 539. The van der Waals surface area contributed by atoms with Gasteiger partial charge in [-0.1, -0.05) is 0 Å². The molecule has 6 nitrogen and oxygen atoms in total. The van der Waals surface area contributed by atoms with Crippen molar-refractivity contribution in [3.63, 3.8) is 0 Å². The van der Waals surface area contributed by atoms with E-state index in [-0.39, 0.29) is 30.5 Å². The summed E-state index contributed by atoms with van der Waals surface area (Å²) >= 11 is 0. The standard InChI is InChI=1S/C11H17FN2O4S.ClH/c1-17-9-6-8(12)11(7-10(9)18-2)19(15,16)14-5-3-4-13;/h6-7,14H,3-5,13H2,1-2H3;1H. The monoisotopic (exact) mass is 328 g/mol. The highest BCUT2D eigenvalue weighted by Gasteiger charge is 2.22. The van der Waals surface area contributed by atoms with Crippen molar-refractivity contribution in [1.82, 2.24) is 4.72 Å². The van der Waals surface area contributed by atoms with Crippen LogP contribution in [0.1, 0.15) is 6.42 Å². The molecular weight excluding hydrogens is 311 g/mol. The molecule has 116 valence electrons. The van der Waals surface area contributed by atoms with E-state index in [1.807, 2.05) is 0 Å². The molecule has 20 heavy (non-hydrogen) atoms. The first-order valence-corrected chi connectivity index (χ1v) is 7.05. The maximum Gasteiger partial charge on any atom is 0.243 e. The number of hydrogen-bond donors (Lipinski definition) is 2. The minimum absolute atomic E-state index is 0. The number of benzene rings is 1. The number of methoxy groups -OCH3 is 2. The number of sulfonamides is 1. The Hall–Kier alpha value is -1.09. The molecule has 0 heterocycles. The molecule has 0 atom stereocenters. The molecule has 0 fully saturated rings. The summed E-state index contributed by atoms with van der Waals surface area (Å²) < 4.78 is 49.7. The van der Waals surface area contributed by atoms with Crippen LogP contribution in [0.25, 0.3) is 0 Å². The highest BCUT2D eigenvalue weighted by Crippen LogP contribution is 2.31. The van der Waals surface area contributed by atoms with Crippen molar-refractivity contribution in [2.24, 2.45) is 5.73 Å². The van der Waals surface area contributed by atoms with Gasteiger partial charge in [-0.05, 0) is 13.0 Å². The second kappa shape index (κ2) is 8.25. The van der Waals surface area contributed by atoms with Gasteiger partial charge < -0.3 is 15.2 Å². The van der Waals surface area contributed by atoms with E-state index < -0.39 is 20.7 Å². The highest BCUT2D eigenvalue weighted by molar-refractivity contribution is 7.89. The van der Waals surface area contributed by atoms with Gasteiger partial charge in [-0.25, -0.2) is 17.5 Å².